The molecule has 16 heavy (non-hydrogen) atoms. The number of rotatable bonds is 2. The minimum Gasteiger partial charge on any atom is -0.244 e. The minimum atomic E-state index is -3.05. The number of aromatic nitrogens is 2. The van der Waals surface area contributed by atoms with Crippen LogP contribution in [0.5, 0.6) is 0 Å². The van der Waals surface area contributed by atoms with Gasteiger partial charge in [-0.1, -0.05) is 0 Å². The van der Waals surface area contributed by atoms with Crippen LogP contribution in [0.15, 0.2) is 12.5 Å². The van der Waals surface area contributed by atoms with Crippen LogP contribution in [-0.4, -0.2) is 34.5 Å². The van der Waals surface area contributed by atoms with Crippen LogP contribution >= 0.6 is 0 Å². The predicted octanol–water partition coefficient (Wildman–Crippen LogP) is 0.327. The minimum absolute atomic E-state index is 0.126. The summed E-state index contributed by atoms with van der Waals surface area (Å²) in [4.78, 5) is 8.11. The van der Waals surface area contributed by atoms with Crippen molar-refractivity contribution in [1.82, 2.24) is 14.3 Å². The molecule has 2 aliphatic rings. The lowest BCUT2D eigenvalue weighted by molar-refractivity contribution is 0.386. The van der Waals surface area contributed by atoms with Crippen molar-refractivity contribution >= 4 is 10.0 Å². The van der Waals surface area contributed by atoms with Crippen molar-refractivity contribution < 1.29 is 8.42 Å². The molecule has 86 valence electrons. The molecular formula is C10H13N3O2S. The maximum atomic E-state index is 12.0. The smallest absolute Gasteiger partial charge is 0.217 e. The number of hydrogen-bond acceptors (Lipinski definition) is 4. The van der Waals surface area contributed by atoms with Gasteiger partial charge in [-0.25, -0.2) is 18.4 Å². The van der Waals surface area contributed by atoms with E-state index in [0.29, 0.717) is 19.5 Å². The van der Waals surface area contributed by atoms with Crippen LogP contribution in [-0.2, 0) is 23.0 Å². The van der Waals surface area contributed by atoms with Crippen LogP contribution in [0.1, 0.15) is 24.1 Å². The van der Waals surface area contributed by atoms with E-state index < -0.39 is 10.0 Å². The summed E-state index contributed by atoms with van der Waals surface area (Å²) in [5.74, 6) is 0. The quantitative estimate of drug-likeness (QED) is 0.746. The van der Waals surface area contributed by atoms with Gasteiger partial charge in [-0.15, -0.1) is 0 Å². The molecule has 0 radical (unpaired) electrons. The lowest BCUT2D eigenvalue weighted by atomic mass is 10.1. The zero-order valence-corrected chi connectivity index (χ0v) is 9.65. The predicted molar refractivity (Wildman–Crippen MR) is 58.1 cm³/mol. The maximum Gasteiger partial charge on any atom is 0.217 e. The molecule has 1 aromatic rings. The van der Waals surface area contributed by atoms with E-state index in [2.05, 4.69) is 9.97 Å². The van der Waals surface area contributed by atoms with Gasteiger partial charge in [0.1, 0.15) is 6.33 Å². The Morgan fingerprint density at radius 2 is 2.19 bits per heavy atom. The molecule has 0 atom stereocenters. The van der Waals surface area contributed by atoms with Crippen molar-refractivity contribution in [3.63, 3.8) is 0 Å². The van der Waals surface area contributed by atoms with E-state index in [1.165, 1.54) is 6.33 Å². The number of fused-ring (bicyclic) bond motifs is 1. The highest BCUT2D eigenvalue weighted by atomic mass is 32.2. The molecule has 0 N–H and O–H groups in total. The van der Waals surface area contributed by atoms with E-state index in [4.69, 9.17) is 0 Å². The lowest BCUT2D eigenvalue weighted by Crippen LogP contribution is -2.38. The Morgan fingerprint density at radius 3 is 2.94 bits per heavy atom. The molecule has 1 fully saturated rings. The summed E-state index contributed by atoms with van der Waals surface area (Å²) in [6, 6.07) is 0. The Bertz CT molecular complexity index is 511. The van der Waals surface area contributed by atoms with E-state index in [0.717, 1.165) is 24.1 Å². The van der Waals surface area contributed by atoms with Gasteiger partial charge in [0.25, 0.3) is 0 Å². The van der Waals surface area contributed by atoms with Crippen molar-refractivity contribution in [2.24, 2.45) is 0 Å². The van der Waals surface area contributed by atoms with Gasteiger partial charge in [0.15, 0.2) is 0 Å². The normalized spacial score (nSPS) is 21.8. The SMILES string of the molecule is O=S(=O)(C1CC1)N1CCc2ncncc2C1. The molecule has 3 rings (SSSR count). The van der Waals surface area contributed by atoms with Gasteiger partial charge in [-0.2, -0.15) is 4.31 Å². The largest absolute Gasteiger partial charge is 0.244 e. The first-order valence-corrected chi connectivity index (χ1v) is 6.95. The van der Waals surface area contributed by atoms with Crippen molar-refractivity contribution in [1.29, 1.82) is 0 Å². The first-order chi connectivity index (χ1) is 7.68. The van der Waals surface area contributed by atoms with E-state index >= 15 is 0 Å². The summed E-state index contributed by atoms with van der Waals surface area (Å²) in [6.45, 7) is 0.998. The Labute approximate surface area is 94.6 Å². The summed E-state index contributed by atoms with van der Waals surface area (Å²) < 4.78 is 25.7. The number of hydrogen-bond donors (Lipinski definition) is 0. The fourth-order valence-electron chi connectivity index (χ4n) is 2.03. The second-order valence-electron chi connectivity index (χ2n) is 4.32. The molecule has 5 nitrogen and oxygen atoms in total. The van der Waals surface area contributed by atoms with Gasteiger partial charge in [-0.05, 0) is 12.8 Å². The van der Waals surface area contributed by atoms with Gasteiger partial charge >= 0.3 is 0 Å². The van der Waals surface area contributed by atoms with Gasteiger partial charge in [0.05, 0.1) is 5.25 Å². The molecule has 2 heterocycles. The summed E-state index contributed by atoms with van der Waals surface area (Å²) in [5.41, 5.74) is 1.93. The van der Waals surface area contributed by atoms with Crippen molar-refractivity contribution in [2.75, 3.05) is 6.54 Å². The van der Waals surface area contributed by atoms with Gasteiger partial charge in [0.2, 0.25) is 10.0 Å². The topological polar surface area (TPSA) is 63.2 Å². The third-order valence-corrected chi connectivity index (χ3v) is 5.48. The van der Waals surface area contributed by atoms with Crippen molar-refractivity contribution in [3.8, 4) is 0 Å². The molecule has 0 saturated heterocycles. The summed E-state index contributed by atoms with van der Waals surface area (Å²) in [6.07, 6.45) is 5.57. The fraction of sp³-hybridized carbons (Fsp3) is 0.600. The average molecular weight is 239 g/mol. The summed E-state index contributed by atoms with van der Waals surface area (Å²) in [7, 11) is -3.05. The van der Waals surface area contributed by atoms with E-state index in [-0.39, 0.29) is 5.25 Å². The zero-order valence-electron chi connectivity index (χ0n) is 8.83. The van der Waals surface area contributed by atoms with Crippen LogP contribution in [0.2, 0.25) is 0 Å². The molecule has 1 aliphatic heterocycles. The van der Waals surface area contributed by atoms with Crippen LogP contribution in [0, 0.1) is 0 Å². The highest BCUT2D eigenvalue weighted by Gasteiger charge is 2.41. The van der Waals surface area contributed by atoms with E-state index in [1.807, 2.05) is 0 Å². The van der Waals surface area contributed by atoms with Crippen LogP contribution in [0.4, 0.5) is 0 Å². The summed E-state index contributed by atoms with van der Waals surface area (Å²) >= 11 is 0. The molecular weight excluding hydrogens is 226 g/mol. The van der Waals surface area contributed by atoms with Crippen molar-refractivity contribution in [2.45, 2.75) is 31.1 Å². The third kappa shape index (κ3) is 1.62. The maximum absolute atomic E-state index is 12.0. The molecule has 1 saturated carbocycles. The van der Waals surface area contributed by atoms with Gasteiger partial charge in [0, 0.05) is 37.0 Å². The molecule has 0 spiro atoms. The van der Waals surface area contributed by atoms with Crippen LogP contribution in [0.25, 0.3) is 0 Å². The fourth-order valence-corrected chi connectivity index (χ4v) is 3.85. The monoisotopic (exact) mass is 239 g/mol. The standard InChI is InChI=1S/C10H13N3O2S/c14-16(15,9-1-2-9)13-4-3-10-8(6-13)5-11-7-12-10/h5,7,9H,1-4,6H2. The first-order valence-electron chi connectivity index (χ1n) is 5.44. The Morgan fingerprint density at radius 1 is 1.38 bits per heavy atom. The lowest BCUT2D eigenvalue weighted by Gasteiger charge is -2.26. The number of sulfonamides is 1. The second kappa shape index (κ2) is 3.49. The van der Waals surface area contributed by atoms with Gasteiger partial charge < -0.3 is 0 Å². The van der Waals surface area contributed by atoms with Crippen molar-refractivity contribution in [3.05, 3.63) is 23.8 Å². The molecule has 1 aliphatic carbocycles. The van der Waals surface area contributed by atoms with Gasteiger partial charge in [-0.3, -0.25) is 0 Å². The molecule has 0 aromatic carbocycles. The first kappa shape index (κ1) is 10.2. The van der Waals surface area contributed by atoms with Crippen LogP contribution < -0.4 is 0 Å². The molecule has 1 aromatic heterocycles. The highest BCUT2D eigenvalue weighted by Crippen LogP contribution is 2.33. The third-order valence-electron chi connectivity index (χ3n) is 3.13. The Hall–Kier alpha value is -1.01. The highest BCUT2D eigenvalue weighted by molar-refractivity contribution is 7.90. The number of nitrogens with zero attached hydrogens (tertiary/aromatic N) is 3. The molecule has 0 amide bonds. The molecule has 6 heteroatoms. The Balaban J connectivity index is 1.88. The summed E-state index contributed by atoms with van der Waals surface area (Å²) in [5, 5.41) is -0.126. The zero-order chi connectivity index (χ0) is 11.2. The van der Waals surface area contributed by atoms with E-state index in [9.17, 15) is 8.42 Å². The molecule has 0 bridgehead atoms. The van der Waals surface area contributed by atoms with Crippen LogP contribution in [0.3, 0.4) is 0 Å². The van der Waals surface area contributed by atoms with E-state index in [1.54, 1.807) is 10.5 Å². The average Bonchev–Trinajstić information content (AvgIpc) is 3.12. The Kier molecular flexibility index (Phi) is 2.22. The molecule has 0 unspecified atom stereocenters. The second-order valence-corrected chi connectivity index (χ2v) is 6.54.